The molecule has 1 atom stereocenters. The molecule has 0 radical (unpaired) electrons. The van der Waals surface area contributed by atoms with Crippen molar-refractivity contribution < 1.29 is 9.53 Å². The molecular weight excluding hydrogens is 396 g/mol. The van der Waals surface area contributed by atoms with E-state index in [4.69, 9.17) is 4.74 Å². The molecule has 1 aromatic heterocycles. The largest absolute Gasteiger partial charge is 0.496 e. The van der Waals surface area contributed by atoms with Gasteiger partial charge < -0.3 is 9.64 Å². The molecule has 3 rings (SSSR count). The number of amides is 1. The highest BCUT2D eigenvalue weighted by Gasteiger charge is 2.25. The van der Waals surface area contributed by atoms with Crippen LogP contribution in [-0.2, 0) is 4.79 Å². The summed E-state index contributed by atoms with van der Waals surface area (Å²) < 4.78 is 7.54. The highest BCUT2D eigenvalue weighted by molar-refractivity contribution is 8.00. The maximum Gasteiger partial charge on any atom is 0.235 e. The number of aromatic nitrogens is 3. The van der Waals surface area contributed by atoms with E-state index in [9.17, 15) is 4.79 Å². The summed E-state index contributed by atoms with van der Waals surface area (Å²) in [5, 5.41) is 9.33. The van der Waals surface area contributed by atoms with Crippen LogP contribution in [0.5, 0.6) is 5.75 Å². The Labute approximate surface area is 182 Å². The molecule has 0 fully saturated rings. The van der Waals surface area contributed by atoms with E-state index in [0.717, 1.165) is 17.0 Å². The molecule has 0 aliphatic rings. The van der Waals surface area contributed by atoms with Gasteiger partial charge in [-0.25, -0.2) is 0 Å². The summed E-state index contributed by atoms with van der Waals surface area (Å²) in [7, 11) is 1.64. The van der Waals surface area contributed by atoms with E-state index in [1.807, 2.05) is 66.6 Å². The van der Waals surface area contributed by atoms with Crippen molar-refractivity contribution in [2.45, 2.75) is 38.1 Å². The molecule has 0 aliphatic carbocycles. The molecule has 158 valence electrons. The van der Waals surface area contributed by atoms with Gasteiger partial charge >= 0.3 is 0 Å². The molecule has 0 saturated carbocycles. The van der Waals surface area contributed by atoms with Crippen LogP contribution in [0.2, 0.25) is 0 Å². The predicted molar refractivity (Wildman–Crippen MR) is 121 cm³/mol. The van der Waals surface area contributed by atoms with Crippen LogP contribution in [0.3, 0.4) is 0 Å². The number of ether oxygens (including phenoxy) is 1. The van der Waals surface area contributed by atoms with Gasteiger partial charge in [0.2, 0.25) is 5.91 Å². The van der Waals surface area contributed by atoms with E-state index < -0.39 is 0 Å². The second-order valence-corrected chi connectivity index (χ2v) is 8.26. The Hall–Kier alpha value is -2.80. The van der Waals surface area contributed by atoms with Crippen molar-refractivity contribution in [3.05, 3.63) is 54.1 Å². The minimum atomic E-state index is -0.274. The average Bonchev–Trinajstić information content (AvgIpc) is 3.18. The van der Waals surface area contributed by atoms with Gasteiger partial charge in [-0.05, 0) is 52.0 Å². The summed E-state index contributed by atoms with van der Waals surface area (Å²) in [4.78, 5) is 14.6. The lowest BCUT2D eigenvalue weighted by atomic mass is 10.1. The van der Waals surface area contributed by atoms with E-state index in [1.165, 1.54) is 17.3 Å². The Morgan fingerprint density at radius 2 is 1.77 bits per heavy atom. The maximum atomic E-state index is 12.8. The molecule has 30 heavy (non-hydrogen) atoms. The highest BCUT2D eigenvalue weighted by Crippen LogP contribution is 2.34. The molecule has 1 amide bonds. The minimum Gasteiger partial charge on any atom is -0.496 e. The Kier molecular flexibility index (Phi) is 7.15. The molecule has 0 saturated heterocycles. The molecule has 7 heteroatoms. The summed E-state index contributed by atoms with van der Waals surface area (Å²) >= 11 is 1.42. The molecular formula is C23H28N4O2S. The van der Waals surface area contributed by atoms with Crippen molar-refractivity contribution in [2.75, 3.05) is 20.2 Å². The quantitative estimate of drug-likeness (QED) is 0.495. The number of nitrogens with zero attached hydrogens (tertiary/aromatic N) is 4. The van der Waals surface area contributed by atoms with Gasteiger partial charge in [0.05, 0.1) is 17.9 Å². The van der Waals surface area contributed by atoms with Crippen molar-refractivity contribution in [1.82, 2.24) is 19.7 Å². The van der Waals surface area contributed by atoms with E-state index in [2.05, 4.69) is 29.3 Å². The van der Waals surface area contributed by atoms with Crippen LogP contribution in [0.1, 0.15) is 26.3 Å². The lowest BCUT2D eigenvalue weighted by molar-refractivity contribution is -0.129. The van der Waals surface area contributed by atoms with Crippen LogP contribution in [0, 0.1) is 6.92 Å². The highest BCUT2D eigenvalue weighted by atomic mass is 32.2. The summed E-state index contributed by atoms with van der Waals surface area (Å²) in [5.74, 6) is 1.51. The van der Waals surface area contributed by atoms with Crippen molar-refractivity contribution in [1.29, 1.82) is 0 Å². The first kappa shape index (κ1) is 21.9. The molecule has 0 N–H and O–H groups in total. The van der Waals surface area contributed by atoms with Gasteiger partial charge in [-0.15, -0.1) is 10.2 Å². The van der Waals surface area contributed by atoms with Gasteiger partial charge in [0.15, 0.2) is 11.0 Å². The number of carbonyl (C=O) groups is 1. The first-order valence-corrected chi connectivity index (χ1v) is 11.0. The predicted octanol–water partition coefficient (Wildman–Crippen LogP) is 4.60. The van der Waals surface area contributed by atoms with E-state index in [-0.39, 0.29) is 11.2 Å². The maximum absolute atomic E-state index is 12.8. The minimum absolute atomic E-state index is 0.0993. The second kappa shape index (κ2) is 9.80. The summed E-state index contributed by atoms with van der Waals surface area (Å²) in [6.07, 6.45) is 0. The lowest BCUT2D eigenvalue weighted by Crippen LogP contribution is -2.36. The third kappa shape index (κ3) is 4.51. The average molecular weight is 425 g/mol. The van der Waals surface area contributed by atoms with E-state index in [1.54, 1.807) is 7.11 Å². The number of para-hydroxylation sites is 1. The number of methoxy groups -OCH3 is 1. The van der Waals surface area contributed by atoms with Crippen LogP contribution < -0.4 is 4.74 Å². The second-order valence-electron chi connectivity index (χ2n) is 6.95. The zero-order valence-electron chi connectivity index (χ0n) is 18.1. The number of thioether (sulfide) groups is 1. The smallest absolute Gasteiger partial charge is 0.235 e. The Morgan fingerprint density at radius 3 is 2.40 bits per heavy atom. The summed E-state index contributed by atoms with van der Waals surface area (Å²) in [6.45, 7) is 9.34. The molecule has 3 aromatic rings. The van der Waals surface area contributed by atoms with Gasteiger partial charge in [-0.3, -0.25) is 9.36 Å². The summed E-state index contributed by atoms with van der Waals surface area (Å²) in [5.41, 5.74) is 2.96. The normalized spacial score (nSPS) is 11.9. The molecule has 1 unspecified atom stereocenters. The van der Waals surface area contributed by atoms with Gasteiger partial charge in [0.25, 0.3) is 0 Å². The fourth-order valence-corrected chi connectivity index (χ4v) is 4.23. The first-order chi connectivity index (χ1) is 14.5. The van der Waals surface area contributed by atoms with Crippen molar-refractivity contribution in [2.24, 2.45) is 0 Å². The number of hydrogen-bond donors (Lipinski definition) is 0. The Bertz CT molecular complexity index is 997. The van der Waals surface area contributed by atoms with Crippen LogP contribution >= 0.6 is 11.8 Å². The van der Waals surface area contributed by atoms with Crippen LogP contribution in [0.15, 0.2) is 53.7 Å². The Morgan fingerprint density at radius 1 is 1.10 bits per heavy atom. The fourth-order valence-electron chi connectivity index (χ4n) is 3.28. The topological polar surface area (TPSA) is 60.3 Å². The van der Waals surface area contributed by atoms with Gasteiger partial charge in [0.1, 0.15) is 5.75 Å². The zero-order valence-corrected chi connectivity index (χ0v) is 18.9. The standard InChI is InChI=1S/C23H28N4O2S/c1-6-26(7-2)22(28)17(4)30-23-25-24-21(19-10-8-9-11-20(19)29-5)27(23)18-14-12-16(3)13-15-18/h8-15,17H,6-7H2,1-5H3. The van der Waals surface area contributed by atoms with E-state index >= 15 is 0 Å². The van der Waals surface area contributed by atoms with Crippen LogP contribution in [0.25, 0.3) is 17.1 Å². The number of hydrogen-bond acceptors (Lipinski definition) is 5. The zero-order chi connectivity index (χ0) is 21.7. The number of benzene rings is 2. The molecule has 6 nitrogen and oxygen atoms in total. The third-order valence-corrected chi connectivity index (χ3v) is 6.01. The molecule has 0 bridgehead atoms. The number of aryl methyl sites for hydroxylation is 1. The van der Waals surface area contributed by atoms with Crippen LogP contribution in [-0.4, -0.2) is 51.0 Å². The number of carbonyl (C=O) groups excluding carboxylic acids is 1. The van der Waals surface area contributed by atoms with Gasteiger partial charge in [-0.1, -0.05) is 41.6 Å². The molecule has 0 aliphatic heterocycles. The van der Waals surface area contributed by atoms with Gasteiger partial charge in [0, 0.05) is 18.8 Å². The third-order valence-electron chi connectivity index (χ3n) is 4.98. The van der Waals surface area contributed by atoms with E-state index in [0.29, 0.717) is 24.1 Å². The molecule has 2 aromatic carbocycles. The molecule has 1 heterocycles. The van der Waals surface area contributed by atoms with Crippen molar-refractivity contribution >= 4 is 17.7 Å². The lowest BCUT2D eigenvalue weighted by Gasteiger charge is -2.22. The van der Waals surface area contributed by atoms with Crippen LogP contribution in [0.4, 0.5) is 0 Å². The van der Waals surface area contributed by atoms with Crippen molar-refractivity contribution in [3.63, 3.8) is 0 Å². The first-order valence-electron chi connectivity index (χ1n) is 10.1. The van der Waals surface area contributed by atoms with Gasteiger partial charge in [-0.2, -0.15) is 0 Å². The van der Waals surface area contributed by atoms with Crippen molar-refractivity contribution in [3.8, 4) is 22.8 Å². The summed E-state index contributed by atoms with van der Waals surface area (Å²) in [6, 6.07) is 15.9. The SMILES string of the molecule is CCN(CC)C(=O)C(C)Sc1nnc(-c2ccccc2OC)n1-c1ccc(C)cc1. The number of rotatable bonds is 8. The fraction of sp³-hybridized carbons (Fsp3) is 0.348. The monoisotopic (exact) mass is 424 g/mol. The Balaban J connectivity index is 2.07. The molecule has 0 spiro atoms.